The highest BCUT2D eigenvalue weighted by Gasteiger charge is 2.05. The zero-order valence-electron chi connectivity index (χ0n) is 10.2. The highest BCUT2D eigenvalue weighted by atomic mass is 79.9. The van der Waals surface area contributed by atoms with E-state index >= 15 is 0 Å². The zero-order chi connectivity index (χ0) is 13.0. The van der Waals surface area contributed by atoms with Gasteiger partial charge in [-0.25, -0.2) is 0 Å². The van der Waals surface area contributed by atoms with E-state index < -0.39 is 0 Å². The van der Waals surface area contributed by atoms with Crippen LogP contribution in [0.25, 0.3) is 11.1 Å². The van der Waals surface area contributed by atoms with Crippen molar-refractivity contribution in [3.63, 3.8) is 0 Å². The molecule has 0 atom stereocenters. The fraction of sp³-hybridized carbons (Fsp3) is 0.231. The molecule has 1 aromatic carbocycles. The van der Waals surface area contributed by atoms with Crippen molar-refractivity contribution in [1.82, 2.24) is 10.2 Å². The third-order valence-electron chi connectivity index (χ3n) is 2.37. The topological polar surface area (TPSA) is 44.2 Å². The van der Waals surface area contributed by atoms with E-state index in [2.05, 4.69) is 26.1 Å². The van der Waals surface area contributed by atoms with Crippen LogP contribution in [-0.2, 0) is 4.74 Å². The Balaban J connectivity index is 2.34. The Kier molecular flexibility index (Phi) is 4.28. The molecular weight excluding hydrogens is 296 g/mol. The van der Waals surface area contributed by atoms with Crippen molar-refractivity contribution < 1.29 is 9.47 Å². The minimum absolute atomic E-state index is 0.218. The van der Waals surface area contributed by atoms with E-state index in [4.69, 9.17) is 9.47 Å². The van der Waals surface area contributed by atoms with Crippen LogP contribution in [0.1, 0.15) is 5.69 Å². The Morgan fingerprint density at radius 2 is 2.06 bits per heavy atom. The summed E-state index contributed by atoms with van der Waals surface area (Å²) in [7, 11) is 1.59. The maximum Gasteiger partial charge on any atom is 0.188 e. The second kappa shape index (κ2) is 5.93. The fourth-order valence-corrected chi connectivity index (χ4v) is 1.91. The molecule has 0 unspecified atom stereocenters. The summed E-state index contributed by atoms with van der Waals surface area (Å²) in [5.74, 6) is 0.740. The van der Waals surface area contributed by atoms with E-state index in [1.807, 2.05) is 31.2 Å². The lowest BCUT2D eigenvalue weighted by Crippen LogP contribution is -1.99. The van der Waals surface area contributed by atoms with Gasteiger partial charge in [-0.15, -0.1) is 0 Å². The Morgan fingerprint density at radius 1 is 1.22 bits per heavy atom. The number of aromatic nitrogens is 2. The molecule has 0 spiro atoms. The van der Waals surface area contributed by atoms with Crippen LogP contribution in [-0.4, -0.2) is 24.1 Å². The zero-order valence-corrected chi connectivity index (χ0v) is 11.8. The highest BCUT2D eigenvalue weighted by Crippen LogP contribution is 2.30. The van der Waals surface area contributed by atoms with Crippen LogP contribution in [0.4, 0.5) is 0 Å². The van der Waals surface area contributed by atoms with Gasteiger partial charge in [-0.3, -0.25) is 0 Å². The molecule has 2 aromatic rings. The lowest BCUT2D eigenvalue weighted by atomic mass is 10.1. The summed E-state index contributed by atoms with van der Waals surface area (Å²) < 4.78 is 11.3. The predicted molar refractivity (Wildman–Crippen MR) is 72.4 cm³/mol. The quantitative estimate of drug-likeness (QED) is 0.814. The van der Waals surface area contributed by atoms with Gasteiger partial charge in [0.25, 0.3) is 0 Å². The van der Waals surface area contributed by atoms with E-state index in [0.717, 1.165) is 27.0 Å². The molecule has 0 saturated carbocycles. The van der Waals surface area contributed by atoms with Crippen LogP contribution in [0.15, 0.2) is 34.9 Å². The first kappa shape index (κ1) is 13.0. The molecule has 2 rings (SSSR count). The van der Waals surface area contributed by atoms with Gasteiger partial charge in [0.2, 0.25) is 0 Å². The molecule has 1 heterocycles. The molecule has 18 heavy (non-hydrogen) atoms. The van der Waals surface area contributed by atoms with Gasteiger partial charge in [0.15, 0.2) is 6.79 Å². The maximum absolute atomic E-state index is 5.47. The average molecular weight is 309 g/mol. The Hall–Kier alpha value is -1.46. The first-order chi connectivity index (χ1) is 8.70. The van der Waals surface area contributed by atoms with Gasteiger partial charge >= 0.3 is 0 Å². The minimum Gasteiger partial charge on any atom is -0.466 e. The molecule has 5 heteroatoms. The SMILES string of the molecule is COCOc1cc(-c2cnnc(C)c2)ccc1Br. The summed E-state index contributed by atoms with van der Waals surface area (Å²) in [6.45, 7) is 2.13. The smallest absolute Gasteiger partial charge is 0.188 e. The molecular formula is C13H13BrN2O2. The molecule has 4 nitrogen and oxygen atoms in total. The molecule has 94 valence electrons. The van der Waals surface area contributed by atoms with Crippen LogP contribution < -0.4 is 4.74 Å². The van der Waals surface area contributed by atoms with E-state index in [1.165, 1.54) is 0 Å². The van der Waals surface area contributed by atoms with Gasteiger partial charge in [0.1, 0.15) is 5.75 Å². The molecule has 0 amide bonds. The number of ether oxygens (including phenoxy) is 2. The second-order valence-electron chi connectivity index (χ2n) is 3.78. The summed E-state index contributed by atoms with van der Waals surface area (Å²) >= 11 is 3.44. The van der Waals surface area contributed by atoms with Crippen LogP contribution >= 0.6 is 15.9 Å². The monoisotopic (exact) mass is 308 g/mol. The van der Waals surface area contributed by atoms with Crippen molar-refractivity contribution in [2.45, 2.75) is 6.92 Å². The number of halogens is 1. The van der Waals surface area contributed by atoms with Crippen LogP contribution in [0.5, 0.6) is 5.75 Å². The number of hydrogen-bond acceptors (Lipinski definition) is 4. The summed E-state index contributed by atoms with van der Waals surface area (Å²) in [6, 6.07) is 7.87. The lowest BCUT2D eigenvalue weighted by Gasteiger charge is -2.09. The molecule has 0 aliphatic rings. The van der Waals surface area contributed by atoms with Gasteiger partial charge in [-0.2, -0.15) is 10.2 Å². The number of nitrogens with zero attached hydrogens (tertiary/aromatic N) is 2. The molecule has 0 aliphatic heterocycles. The molecule has 0 fully saturated rings. The van der Waals surface area contributed by atoms with Crippen molar-refractivity contribution >= 4 is 15.9 Å². The minimum atomic E-state index is 0.218. The van der Waals surface area contributed by atoms with Gasteiger partial charge in [0.05, 0.1) is 16.4 Å². The third kappa shape index (κ3) is 3.05. The van der Waals surface area contributed by atoms with Gasteiger partial charge < -0.3 is 9.47 Å². The van der Waals surface area contributed by atoms with Gasteiger partial charge in [0, 0.05) is 12.7 Å². The normalized spacial score (nSPS) is 10.4. The first-order valence-electron chi connectivity index (χ1n) is 5.41. The summed E-state index contributed by atoms with van der Waals surface area (Å²) in [5, 5.41) is 7.89. The van der Waals surface area contributed by atoms with Crippen LogP contribution in [0, 0.1) is 6.92 Å². The van der Waals surface area contributed by atoms with E-state index in [0.29, 0.717) is 0 Å². The number of benzene rings is 1. The highest BCUT2D eigenvalue weighted by molar-refractivity contribution is 9.10. The maximum atomic E-state index is 5.47. The number of rotatable bonds is 4. The second-order valence-corrected chi connectivity index (χ2v) is 4.64. The fourth-order valence-electron chi connectivity index (χ4n) is 1.55. The van der Waals surface area contributed by atoms with Gasteiger partial charge in [-0.05, 0) is 46.6 Å². The number of methoxy groups -OCH3 is 1. The third-order valence-corrected chi connectivity index (χ3v) is 3.03. The molecule has 0 saturated heterocycles. The van der Waals surface area contributed by atoms with Crippen LogP contribution in [0.3, 0.4) is 0 Å². The largest absolute Gasteiger partial charge is 0.466 e. The van der Waals surface area contributed by atoms with Crippen molar-refractivity contribution in [2.75, 3.05) is 13.9 Å². The predicted octanol–water partition coefficient (Wildman–Crippen LogP) is 3.20. The van der Waals surface area contributed by atoms with E-state index in [-0.39, 0.29) is 6.79 Å². The number of hydrogen-bond donors (Lipinski definition) is 0. The average Bonchev–Trinajstić information content (AvgIpc) is 2.38. The van der Waals surface area contributed by atoms with Crippen molar-refractivity contribution in [3.8, 4) is 16.9 Å². The lowest BCUT2D eigenvalue weighted by molar-refractivity contribution is 0.0506. The molecule has 0 bridgehead atoms. The summed E-state index contributed by atoms with van der Waals surface area (Å²) in [6.07, 6.45) is 1.73. The van der Waals surface area contributed by atoms with Crippen LogP contribution in [0.2, 0.25) is 0 Å². The molecule has 0 radical (unpaired) electrons. The van der Waals surface area contributed by atoms with E-state index in [9.17, 15) is 0 Å². The Labute approximate surface area is 114 Å². The van der Waals surface area contributed by atoms with Crippen molar-refractivity contribution in [1.29, 1.82) is 0 Å². The Morgan fingerprint density at radius 3 is 2.78 bits per heavy atom. The molecule has 0 aliphatic carbocycles. The van der Waals surface area contributed by atoms with E-state index in [1.54, 1.807) is 13.3 Å². The van der Waals surface area contributed by atoms with Crippen molar-refractivity contribution in [2.24, 2.45) is 0 Å². The summed E-state index contributed by atoms with van der Waals surface area (Å²) in [4.78, 5) is 0. The first-order valence-corrected chi connectivity index (χ1v) is 6.21. The summed E-state index contributed by atoms with van der Waals surface area (Å²) in [5.41, 5.74) is 2.93. The number of aryl methyl sites for hydroxylation is 1. The standard InChI is InChI=1S/C13H13BrN2O2/c1-9-5-11(7-15-16-9)10-3-4-12(14)13(6-10)18-8-17-2/h3-7H,8H2,1-2H3. The Bertz CT molecular complexity index is 546. The molecule has 1 aromatic heterocycles. The molecule has 0 N–H and O–H groups in total. The van der Waals surface area contributed by atoms with Gasteiger partial charge in [-0.1, -0.05) is 6.07 Å². The van der Waals surface area contributed by atoms with Crippen molar-refractivity contribution in [3.05, 3.63) is 40.6 Å².